The molecule has 0 bridgehead atoms. The van der Waals surface area contributed by atoms with E-state index >= 15 is 0 Å². The number of benzene rings is 3. The predicted molar refractivity (Wildman–Crippen MR) is 108 cm³/mol. The van der Waals surface area contributed by atoms with E-state index in [1.807, 2.05) is 12.1 Å². The molecule has 25 heavy (non-hydrogen) atoms. The molecule has 0 spiro atoms. The smallest absolute Gasteiger partial charge is 0.0781 e. The van der Waals surface area contributed by atoms with E-state index in [9.17, 15) is 0 Å². The number of nitrogens with zero attached hydrogens (tertiary/aromatic N) is 2. The summed E-state index contributed by atoms with van der Waals surface area (Å²) in [5.74, 6) is 0. The molecule has 2 nitrogen and oxygen atoms in total. The zero-order chi connectivity index (χ0) is 17.5. The van der Waals surface area contributed by atoms with Crippen molar-refractivity contribution in [1.29, 1.82) is 0 Å². The highest BCUT2D eigenvalue weighted by molar-refractivity contribution is 6.13. The Balaban J connectivity index is 1.99. The Morgan fingerprint density at radius 3 is 1.60 bits per heavy atom. The molecule has 0 amide bonds. The summed E-state index contributed by atoms with van der Waals surface area (Å²) in [4.78, 5) is 7.29. The van der Waals surface area contributed by atoms with Crippen LogP contribution in [0, 0.1) is 0 Å². The maximum Gasteiger partial charge on any atom is 0.0781 e. The van der Waals surface area contributed by atoms with Crippen LogP contribution >= 0.6 is 0 Å². The molecule has 0 N–H and O–H groups in total. The zero-order valence-corrected chi connectivity index (χ0v) is 14.9. The van der Waals surface area contributed by atoms with Gasteiger partial charge in [-0.3, -0.25) is 0 Å². The van der Waals surface area contributed by atoms with Crippen molar-refractivity contribution < 1.29 is 0 Å². The first kappa shape index (κ1) is 17.0. The third kappa shape index (κ3) is 4.16. The molecule has 0 heterocycles. The van der Waals surface area contributed by atoms with E-state index in [2.05, 4.69) is 91.5 Å². The minimum absolute atomic E-state index is 0.971. The van der Waals surface area contributed by atoms with Crippen molar-refractivity contribution >= 4 is 17.1 Å². The minimum atomic E-state index is 0.971. The van der Waals surface area contributed by atoms with Gasteiger partial charge in [0.05, 0.1) is 11.4 Å². The Bertz CT molecular complexity index is 760. The van der Waals surface area contributed by atoms with Crippen molar-refractivity contribution in [3.05, 3.63) is 96.1 Å². The van der Waals surface area contributed by atoms with Crippen molar-refractivity contribution in [3.8, 4) is 0 Å². The Morgan fingerprint density at radius 2 is 1.16 bits per heavy atom. The second-order valence-electron chi connectivity index (χ2n) is 5.88. The summed E-state index contributed by atoms with van der Waals surface area (Å²) in [6, 6.07) is 29.2. The van der Waals surface area contributed by atoms with Gasteiger partial charge in [0.15, 0.2) is 0 Å². The van der Waals surface area contributed by atoms with Crippen LogP contribution < -0.4 is 4.90 Å². The highest BCUT2D eigenvalue weighted by Gasteiger charge is 2.07. The van der Waals surface area contributed by atoms with Crippen molar-refractivity contribution in [2.75, 3.05) is 18.0 Å². The first-order valence-corrected chi connectivity index (χ1v) is 8.86. The number of hydrogen-bond acceptors (Lipinski definition) is 2. The van der Waals surface area contributed by atoms with Crippen molar-refractivity contribution in [2.45, 2.75) is 13.8 Å². The average molecular weight is 328 g/mol. The highest BCUT2D eigenvalue weighted by Crippen LogP contribution is 2.22. The molecule has 0 aliphatic rings. The molecule has 126 valence electrons. The third-order valence-electron chi connectivity index (χ3n) is 4.31. The van der Waals surface area contributed by atoms with Crippen LogP contribution in [0.4, 0.5) is 11.4 Å². The quantitative estimate of drug-likeness (QED) is 0.530. The standard InChI is InChI=1S/C23H24N2/c1-3-25(4-2)22-17-15-21(16-18-22)24-23(19-11-7-5-8-12-19)20-13-9-6-10-14-20/h5-18H,3-4H2,1-2H3. The molecule has 3 rings (SSSR count). The zero-order valence-electron chi connectivity index (χ0n) is 14.9. The van der Waals surface area contributed by atoms with Gasteiger partial charge in [0.1, 0.15) is 0 Å². The minimum Gasteiger partial charge on any atom is -0.372 e. The summed E-state index contributed by atoms with van der Waals surface area (Å²) in [6.07, 6.45) is 0. The van der Waals surface area contributed by atoms with E-state index in [4.69, 9.17) is 4.99 Å². The molecule has 0 saturated carbocycles. The maximum atomic E-state index is 4.95. The molecule has 0 aliphatic carbocycles. The SMILES string of the molecule is CCN(CC)c1ccc(N=C(c2ccccc2)c2ccccc2)cc1. The molecule has 3 aromatic rings. The summed E-state index contributed by atoms with van der Waals surface area (Å²) in [6.45, 7) is 6.38. The number of hydrogen-bond donors (Lipinski definition) is 0. The lowest BCUT2D eigenvalue weighted by molar-refractivity contribution is 0.866. The molecule has 0 radical (unpaired) electrons. The monoisotopic (exact) mass is 328 g/mol. The van der Waals surface area contributed by atoms with Gasteiger partial charge in [0, 0.05) is 29.9 Å². The topological polar surface area (TPSA) is 15.6 Å². The van der Waals surface area contributed by atoms with Gasteiger partial charge in [-0.05, 0) is 38.1 Å². The summed E-state index contributed by atoms with van der Waals surface area (Å²) in [5, 5.41) is 0. The fourth-order valence-electron chi connectivity index (χ4n) is 2.94. The van der Waals surface area contributed by atoms with E-state index in [1.54, 1.807) is 0 Å². The first-order valence-electron chi connectivity index (χ1n) is 8.86. The van der Waals surface area contributed by atoms with Crippen molar-refractivity contribution in [2.24, 2.45) is 4.99 Å². The largest absolute Gasteiger partial charge is 0.372 e. The van der Waals surface area contributed by atoms with Gasteiger partial charge in [-0.1, -0.05) is 60.7 Å². The lowest BCUT2D eigenvalue weighted by Crippen LogP contribution is -2.21. The lowest BCUT2D eigenvalue weighted by atomic mass is 10.0. The van der Waals surface area contributed by atoms with Crippen LogP contribution in [0.5, 0.6) is 0 Å². The molecule has 0 atom stereocenters. The fourth-order valence-corrected chi connectivity index (χ4v) is 2.94. The Morgan fingerprint density at radius 1 is 0.680 bits per heavy atom. The summed E-state index contributed by atoms with van der Waals surface area (Å²) in [7, 11) is 0. The Kier molecular flexibility index (Phi) is 5.63. The van der Waals surface area contributed by atoms with Crippen molar-refractivity contribution in [3.63, 3.8) is 0 Å². The predicted octanol–water partition coefficient (Wildman–Crippen LogP) is 5.70. The van der Waals surface area contributed by atoms with Gasteiger partial charge in [-0.2, -0.15) is 0 Å². The van der Waals surface area contributed by atoms with Gasteiger partial charge >= 0.3 is 0 Å². The third-order valence-corrected chi connectivity index (χ3v) is 4.31. The van der Waals surface area contributed by atoms with Gasteiger partial charge in [0.25, 0.3) is 0 Å². The number of anilines is 1. The average Bonchev–Trinajstić information content (AvgIpc) is 2.69. The van der Waals surface area contributed by atoms with Crippen LogP contribution in [0.25, 0.3) is 0 Å². The molecular weight excluding hydrogens is 304 g/mol. The second kappa shape index (κ2) is 8.29. The summed E-state index contributed by atoms with van der Waals surface area (Å²) < 4.78 is 0. The van der Waals surface area contributed by atoms with E-state index < -0.39 is 0 Å². The number of aliphatic imine (C=N–C) groups is 1. The Hall–Kier alpha value is -2.87. The lowest BCUT2D eigenvalue weighted by Gasteiger charge is -2.20. The van der Waals surface area contributed by atoms with E-state index in [1.165, 1.54) is 5.69 Å². The summed E-state index contributed by atoms with van der Waals surface area (Å²) in [5.41, 5.74) is 5.46. The van der Waals surface area contributed by atoms with E-state index in [0.29, 0.717) is 0 Å². The molecular formula is C23H24N2. The number of rotatable bonds is 6. The van der Waals surface area contributed by atoms with Crippen LogP contribution in [0.2, 0.25) is 0 Å². The summed E-state index contributed by atoms with van der Waals surface area (Å²) >= 11 is 0. The van der Waals surface area contributed by atoms with Gasteiger partial charge in [-0.15, -0.1) is 0 Å². The first-order chi connectivity index (χ1) is 12.3. The second-order valence-corrected chi connectivity index (χ2v) is 5.88. The maximum absolute atomic E-state index is 4.95. The Labute approximate surface area is 150 Å². The normalized spacial score (nSPS) is 10.3. The molecule has 0 aliphatic heterocycles. The fraction of sp³-hybridized carbons (Fsp3) is 0.174. The van der Waals surface area contributed by atoms with Crippen LogP contribution in [0.15, 0.2) is 89.9 Å². The van der Waals surface area contributed by atoms with Crippen LogP contribution in [0.1, 0.15) is 25.0 Å². The van der Waals surface area contributed by atoms with Gasteiger partial charge < -0.3 is 4.90 Å². The van der Waals surface area contributed by atoms with Crippen LogP contribution in [0.3, 0.4) is 0 Å². The van der Waals surface area contributed by atoms with Crippen molar-refractivity contribution in [1.82, 2.24) is 0 Å². The van der Waals surface area contributed by atoms with Crippen LogP contribution in [-0.4, -0.2) is 18.8 Å². The molecule has 0 saturated heterocycles. The molecule has 0 fully saturated rings. The van der Waals surface area contributed by atoms with Gasteiger partial charge in [0.2, 0.25) is 0 Å². The van der Waals surface area contributed by atoms with E-state index in [-0.39, 0.29) is 0 Å². The van der Waals surface area contributed by atoms with Gasteiger partial charge in [-0.25, -0.2) is 4.99 Å². The van der Waals surface area contributed by atoms with E-state index in [0.717, 1.165) is 35.6 Å². The molecule has 0 unspecified atom stereocenters. The molecule has 3 aromatic carbocycles. The molecule has 2 heteroatoms. The highest BCUT2D eigenvalue weighted by atomic mass is 15.1. The molecule has 0 aromatic heterocycles. The van der Waals surface area contributed by atoms with Crippen LogP contribution in [-0.2, 0) is 0 Å².